The molecule has 26 heavy (non-hydrogen) atoms. The van der Waals surface area contributed by atoms with Gasteiger partial charge in [-0.3, -0.25) is 5.43 Å². The summed E-state index contributed by atoms with van der Waals surface area (Å²) in [7, 11) is 0. The Morgan fingerprint density at radius 3 is 2.50 bits per heavy atom. The Hall–Kier alpha value is -2.98. The second-order valence-electron chi connectivity index (χ2n) is 6.30. The van der Waals surface area contributed by atoms with Crippen molar-refractivity contribution in [1.82, 2.24) is 4.98 Å². The molecule has 0 unspecified atom stereocenters. The van der Waals surface area contributed by atoms with Gasteiger partial charge < -0.3 is 0 Å². The van der Waals surface area contributed by atoms with Crippen LogP contribution in [0.25, 0.3) is 22.4 Å². The van der Waals surface area contributed by atoms with E-state index in [0.29, 0.717) is 0 Å². The van der Waals surface area contributed by atoms with Gasteiger partial charge in [0, 0.05) is 10.9 Å². The molecule has 0 amide bonds. The molecule has 2 aromatic rings. The molecule has 0 saturated carbocycles. The zero-order valence-electron chi connectivity index (χ0n) is 14.7. The number of aromatic nitrogens is 1. The summed E-state index contributed by atoms with van der Waals surface area (Å²) in [6.45, 7) is 4.22. The van der Waals surface area contributed by atoms with Crippen molar-refractivity contribution >= 4 is 22.7 Å². The Morgan fingerprint density at radius 1 is 0.923 bits per heavy atom. The molecule has 2 aliphatic carbocycles. The van der Waals surface area contributed by atoms with E-state index in [1.165, 1.54) is 27.8 Å². The molecule has 1 aromatic carbocycles. The zero-order chi connectivity index (χ0) is 17.9. The Morgan fingerprint density at radius 2 is 1.69 bits per heavy atom. The summed E-state index contributed by atoms with van der Waals surface area (Å²) in [6.07, 6.45) is 1.81. The third-order valence-electron chi connectivity index (χ3n) is 4.35. The molecule has 128 valence electrons. The van der Waals surface area contributed by atoms with Crippen molar-refractivity contribution in [1.29, 1.82) is 0 Å². The van der Waals surface area contributed by atoms with Gasteiger partial charge in [-0.25, -0.2) is 4.98 Å². The molecule has 3 nitrogen and oxygen atoms in total. The quantitative estimate of drug-likeness (QED) is 0.360. The molecule has 2 aliphatic rings. The first-order chi connectivity index (χ1) is 12.7. The maximum Gasteiger partial charge on any atom is 0.203 e. The van der Waals surface area contributed by atoms with E-state index in [1.54, 1.807) is 11.3 Å². The topological polar surface area (TPSA) is 37.3 Å². The van der Waals surface area contributed by atoms with Crippen molar-refractivity contribution in [2.24, 2.45) is 5.10 Å². The maximum atomic E-state index is 4.70. The monoisotopic (exact) mass is 357 g/mol. The normalized spacial score (nSPS) is 11.3. The number of hydrogen-bond donors (Lipinski definition) is 1. The molecule has 0 spiro atoms. The van der Waals surface area contributed by atoms with Crippen molar-refractivity contribution in [3.63, 3.8) is 0 Å². The van der Waals surface area contributed by atoms with Gasteiger partial charge in [-0.2, -0.15) is 5.10 Å². The number of aryl methyl sites for hydroxylation is 2. The number of nitrogens with one attached hydrogen (secondary N) is 1. The molecule has 1 heterocycles. The van der Waals surface area contributed by atoms with Crippen LogP contribution in [0.15, 0.2) is 71.1 Å². The van der Waals surface area contributed by atoms with Crippen LogP contribution in [0.3, 0.4) is 0 Å². The lowest BCUT2D eigenvalue weighted by atomic mass is 10.1. The second-order valence-corrected chi connectivity index (χ2v) is 7.16. The lowest BCUT2D eigenvalue weighted by molar-refractivity contribution is 1.29. The van der Waals surface area contributed by atoms with Gasteiger partial charge in [0.1, 0.15) is 0 Å². The van der Waals surface area contributed by atoms with Gasteiger partial charge in [-0.05, 0) is 42.2 Å². The number of thiazole rings is 1. The first kappa shape index (κ1) is 16.5. The van der Waals surface area contributed by atoms with Crippen LogP contribution < -0.4 is 5.43 Å². The fourth-order valence-electron chi connectivity index (χ4n) is 2.97. The number of benzene rings is 1. The van der Waals surface area contributed by atoms with Crippen molar-refractivity contribution in [3.8, 4) is 22.4 Å². The minimum absolute atomic E-state index is 0.788. The van der Waals surface area contributed by atoms with E-state index >= 15 is 0 Å². The average molecular weight is 357 g/mol. The molecule has 4 rings (SSSR count). The van der Waals surface area contributed by atoms with Crippen molar-refractivity contribution < 1.29 is 0 Å². The largest absolute Gasteiger partial charge is 0.253 e. The lowest BCUT2D eigenvalue weighted by Crippen LogP contribution is -1.90. The SMILES string of the molecule is Cc1ccc(/C=N/Nc2nc(-c3cc(C)c4cccccc3-4)cs2)cc1. The first-order valence-corrected chi connectivity index (χ1v) is 9.39. The molecule has 0 radical (unpaired) electrons. The minimum Gasteiger partial charge on any atom is -0.253 e. The smallest absolute Gasteiger partial charge is 0.203 e. The maximum absolute atomic E-state index is 4.70. The van der Waals surface area contributed by atoms with Crippen LogP contribution >= 0.6 is 11.3 Å². The Balaban J connectivity index is 1.55. The third kappa shape index (κ3) is 3.37. The molecule has 4 heteroatoms. The van der Waals surface area contributed by atoms with Gasteiger partial charge in [-0.1, -0.05) is 60.2 Å². The fourth-order valence-corrected chi connectivity index (χ4v) is 3.63. The van der Waals surface area contributed by atoms with Crippen molar-refractivity contribution in [3.05, 3.63) is 82.7 Å². The summed E-state index contributed by atoms with van der Waals surface area (Å²) in [6, 6.07) is 21.0. The molecule has 0 saturated heterocycles. The van der Waals surface area contributed by atoms with Gasteiger partial charge in [0.25, 0.3) is 0 Å². The van der Waals surface area contributed by atoms with Gasteiger partial charge >= 0.3 is 0 Å². The number of nitrogens with zero attached hydrogens (tertiary/aromatic N) is 2. The summed E-state index contributed by atoms with van der Waals surface area (Å²) in [5.41, 5.74) is 11.3. The highest BCUT2D eigenvalue weighted by Gasteiger charge is 2.15. The lowest BCUT2D eigenvalue weighted by Gasteiger charge is -1.98. The zero-order valence-corrected chi connectivity index (χ0v) is 15.5. The van der Waals surface area contributed by atoms with Gasteiger partial charge in [0.15, 0.2) is 0 Å². The molecule has 0 fully saturated rings. The Bertz CT molecular complexity index is 1030. The summed E-state index contributed by atoms with van der Waals surface area (Å²) in [4.78, 5) is 4.70. The number of fused-ring (bicyclic) bond motifs is 1. The van der Waals surface area contributed by atoms with Crippen LogP contribution in [0.4, 0.5) is 5.13 Å². The molecule has 1 aromatic heterocycles. The van der Waals surface area contributed by atoms with Gasteiger partial charge in [-0.15, -0.1) is 11.3 Å². The van der Waals surface area contributed by atoms with Gasteiger partial charge in [0.2, 0.25) is 5.13 Å². The highest BCUT2D eigenvalue weighted by Crippen LogP contribution is 2.38. The second kappa shape index (κ2) is 7.10. The molecular formula is C22H19N3S. The van der Waals surface area contributed by atoms with Crippen LogP contribution in [-0.4, -0.2) is 11.2 Å². The van der Waals surface area contributed by atoms with E-state index in [0.717, 1.165) is 16.4 Å². The molecule has 0 aliphatic heterocycles. The van der Waals surface area contributed by atoms with E-state index in [2.05, 4.69) is 78.3 Å². The summed E-state index contributed by atoms with van der Waals surface area (Å²) in [5, 5.41) is 7.16. The summed E-state index contributed by atoms with van der Waals surface area (Å²) >= 11 is 1.56. The average Bonchev–Trinajstić information content (AvgIpc) is 3.13. The van der Waals surface area contributed by atoms with Crippen LogP contribution in [0.1, 0.15) is 16.7 Å². The summed E-state index contributed by atoms with van der Waals surface area (Å²) in [5.74, 6) is 0. The van der Waals surface area contributed by atoms with Gasteiger partial charge in [0.05, 0.1) is 11.9 Å². The van der Waals surface area contributed by atoms with Crippen LogP contribution in [0, 0.1) is 13.8 Å². The first-order valence-electron chi connectivity index (χ1n) is 8.51. The van der Waals surface area contributed by atoms with Crippen LogP contribution in [0.2, 0.25) is 0 Å². The van der Waals surface area contributed by atoms with E-state index in [4.69, 9.17) is 4.98 Å². The number of hydrazone groups is 1. The predicted octanol–water partition coefficient (Wildman–Crippen LogP) is 5.98. The van der Waals surface area contributed by atoms with E-state index in [1.807, 2.05) is 18.3 Å². The van der Waals surface area contributed by atoms with Crippen molar-refractivity contribution in [2.75, 3.05) is 5.43 Å². The fraction of sp³-hybridized carbons (Fsp3) is 0.0909. The van der Waals surface area contributed by atoms with Crippen molar-refractivity contribution in [2.45, 2.75) is 13.8 Å². The molecular weight excluding hydrogens is 338 g/mol. The Labute approximate surface area is 157 Å². The molecule has 1 N–H and O–H groups in total. The molecule has 0 bridgehead atoms. The number of hydrogen-bond acceptors (Lipinski definition) is 4. The van der Waals surface area contributed by atoms with E-state index in [9.17, 15) is 0 Å². The highest BCUT2D eigenvalue weighted by atomic mass is 32.1. The number of rotatable bonds is 4. The van der Waals surface area contributed by atoms with E-state index < -0.39 is 0 Å². The standard InChI is InChI=1S/C22H19N3S/c1-15-8-10-17(11-9-15)13-23-25-22-24-21(14-26-22)20-12-16(2)18-6-4-3-5-7-19(18)20/h3-14H,1-2H3,(H,24,25)/b23-13+. The van der Waals surface area contributed by atoms with Crippen LogP contribution in [0.5, 0.6) is 0 Å². The number of anilines is 1. The minimum atomic E-state index is 0.788. The Kier molecular flexibility index (Phi) is 4.50. The third-order valence-corrected chi connectivity index (χ3v) is 5.09. The van der Waals surface area contributed by atoms with Crippen LogP contribution in [-0.2, 0) is 0 Å². The summed E-state index contributed by atoms with van der Waals surface area (Å²) < 4.78 is 0. The molecule has 0 atom stereocenters. The predicted molar refractivity (Wildman–Crippen MR) is 111 cm³/mol. The highest BCUT2D eigenvalue weighted by molar-refractivity contribution is 7.14. The van der Waals surface area contributed by atoms with E-state index in [-0.39, 0.29) is 0 Å².